The van der Waals surface area contributed by atoms with Crippen LogP contribution in [-0.4, -0.2) is 15.6 Å². The molecule has 80 valence electrons. The number of nitrogens with zero attached hydrogens (tertiary/aromatic N) is 1. The van der Waals surface area contributed by atoms with Crippen LogP contribution in [0.15, 0.2) is 10.9 Å². The number of hydrogen-bond donors (Lipinski definition) is 1. The summed E-state index contributed by atoms with van der Waals surface area (Å²) in [5.74, 6) is -0.793. The van der Waals surface area contributed by atoms with Crippen molar-refractivity contribution >= 4 is 5.97 Å². The van der Waals surface area contributed by atoms with Gasteiger partial charge in [-0.15, -0.1) is 0 Å². The van der Waals surface area contributed by atoms with Gasteiger partial charge in [0, 0.05) is 12.7 Å². The molecule has 1 aliphatic carbocycles. The maximum Gasteiger partial charge on any atom is 0.341 e. The van der Waals surface area contributed by atoms with Gasteiger partial charge in [-0.1, -0.05) is 6.92 Å². The highest BCUT2D eigenvalue weighted by atomic mass is 16.4. The van der Waals surface area contributed by atoms with E-state index in [2.05, 4.69) is 6.92 Å². The minimum absolute atomic E-state index is 0.120. The number of aryl methyl sites for hydroxylation is 1. The number of aromatic nitrogens is 1. The summed E-state index contributed by atoms with van der Waals surface area (Å²) in [7, 11) is 1.65. The summed E-state index contributed by atoms with van der Waals surface area (Å²) in [6, 6.07) is 1.53. The first-order valence-electron chi connectivity index (χ1n) is 4.98. The van der Waals surface area contributed by atoms with Crippen molar-refractivity contribution in [2.75, 3.05) is 0 Å². The van der Waals surface area contributed by atoms with Gasteiger partial charge in [-0.3, -0.25) is 4.79 Å². The minimum atomic E-state index is -1.14. The summed E-state index contributed by atoms with van der Waals surface area (Å²) in [5, 5.41) is 8.87. The van der Waals surface area contributed by atoms with Crippen molar-refractivity contribution in [2.45, 2.75) is 25.7 Å². The molecule has 1 unspecified atom stereocenters. The van der Waals surface area contributed by atoms with Crippen LogP contribution < -0.4 is 5.56 Å². The maximum absolute atomic E-state index is 11.7. The van der Waals surface area contributed by atoms with Crippen LogP contribution in [0.2, 0.25) is 0 Å². The summed E-state index contributed by atoms with van der Waals surface area (Å²) in [5.41, 5.74) is 1.47. The van der Waals surface area contributed by atoms with Crippen molar-refractivity contribution in [3.05, 3.63) is 33.2 Å². The maximum atomic E-state index is 11.7. The Labute approximate surface area is 87.2 Å². The van der Waals surface area contributed by atoms with E-state index in [4.69, 9.17) is 5.11 Å². The lowest BCUT2D eigenvalue weighted by atomic mass is 10.1. The van der Waals surface area contributed by atoms with Gasteiger partial charge in [0.25, 0.3) is 5.56 Å². The number of carbonyl (C=O) groups is 1. The number of carboxylic acids is 1. The van der Waals surface area contributed by atoms with E-state index >= 15 is 0 Å². The highest BCUT2D eigenvalue weighted by Gasteiger charge is 2.24. The third-order valence-electron chi connectivity index (χ3n) is 3.09. The van der Waals surface area contributed by atoms with E-state index in [1.165, 1.54) is 10.6 Å². The third kappa shape index (κ3) is 1.37. The molecule has 1 N–H and O–H groups in total. The van der Waals surface area contributed by atoms with Crippen LogP contribution in [0, 0.1) is 0 Å². The fourth-order valence-electron chi connectivity index (χ4n) is 2.32. The Balaban J connectivity index is 2.74. The SMILES string of the molecule is CC1CCc2cc(C(=O)O)c(=O)n(C)c21. The molecule has 0 radical (unpaired) electrons. The molecule has 1 aromatic rings. The zero-order valence-corrected chi connectivity index (χ0v) is 8.78. The first-order chi connectivity index (χ1) is 7.02. The minimum Gasteiger partial charge on any atom is -0.477 e. The number of aromatic carboxylic acids is 1. The Morgan fingerprint density at radius 1 is 1.60 bits per heavy atom. The fraction of sp³-hybridized carbons (Fsp3) is 0.455. The molecule has 0 aliphatic heterocycles. The largest absolute Gasteiger partial charge is 0.477 e. The Hall–Kier alpha value is -1.58. The first-order valence-corrected chi connectivity index (χ1v) is 4.98. The molecule has 0 saturated carbocycles. The molecule has 4 heteroatoms. The molecular weight excluding hydrogens is 194 g/mol. The molecule has 1 atom stereocenters. The zero-order chi connectivity index (χ0) is 11.2. The molecular formula is C11H13NO3. The van der Waals surface area contributed by atoms with E-state index < -0.39 is 11.5 Å². The van der Waals surface area contributed by atoms with E-state index in [1.54, 1.807) is 7.05 Å². The van der Waals surface area contributed by atoms with E-state index in [0.717, 1.165) is 24.1 Å². The van der Waals surface area contributed by atoms with Crippen LogP contribution >= 0.6 is 0 Å². The summed E-state index contributed by atoms with van der Waals surface area (Å²) in [6.45, 7) is 2.06. The number of carboxylic acid groups (broad SMARTS) is 1. The second kappa shape index (κ2) is 3.22. The second-order valence-electron chi connectivity index (χ2n) is 4.08. The monoisotopic (exact) mass is 207 g/mol. The molecule has 1 aromatic heterocycles. The Kier molecular flexibility index (Phi) is 2.14. The molecule has 0 bridgehead atoms. The molecule has 0 aromatic carbocycles. The summed E-state index contributed by atoms with van der Waals surface area (Å²) < 4.78 is 1.48. The Morgan fingerprint density at radius 3 is 2.87 bits per heavy atom. The highest BCUT2D eigenvalue weighted by Crippen LogP contribution is 2.31. The van der Waals surface area contributed by atoms with Gasteiger partial charge < -0.3 is 9.67 Å². The lowest BCUT2D eigenvalue weighted by Gasteiger charge is -2.11. The second-order valence-corrected chi connectivity index (χ2v) is 4.08. The molecule has 0 fully saturated rings. The highest BCUT2D eigenvalue weighted by molar-refractivity contribution is 5.87. The normalized spacial score (nSPS) is 18.9. The quantitative estimate of drug-likeness (QED) is 0.751. The molecule has 15 heavy (non-hydrogen) atoms. The van der Waals surface area contributed by atoms with E-state index in [9.17, 15) is 9.59 Å². The van der Waals surface area contributed by atoms with E-state index in [-0.39, 0.29) is 5.56 Å². The topological polar surface area (TPSA) is 59.3 Å². The third-order valence-corrected chi connectivity index (χ3v) is 3.09. The predicted molar refractivity (Wildman–Crippen MR) is 55.4 cm³/mol. The Morgan fingerprint density at radius 2 is 2.27 bits per heavy atom. The van der Waals surface area contributed by atoms with Crippen LogP contribution in [0.4, 0.5) is 0 Å². The summed E-state index contributed by atoms with van der Waals surface area (Å²) >= 11 is 0. The van der Waals surface area contributed by atoms with E-state index in [1.807, 2.05) is 0 Å². The zero-order valence-electron chi connectivity index (χ0n) is 8.78. The smallest absolute Gasteiger partial charge is 0.341 e. The van der Waals surface area contributed by atoms with Gasteiger partial charge in [0.15, 0.2) is 0 Å². The van der Waals surface area contributed by atoms with E-state index in [0.29, 0.717) is 5.92 Å². The molecule has 4 nitrogen and oxygen atoms in total. The van der Waals surface area contributed by atoms with Gasteiger partial charge in [0.2, 0.25) is 0 Å². The lowest BCUT2D eigenvalue weighted by molar-refractivity contribution is 0.0694. The number of hydrogen-bond acceptors (Lipinski definition) is 2. The number of rotatable bonds is 1. The fourth-order valence-corrected chi connectivity index (χ4v) is 2.32. The molecule has 1 heterocycles. The van der Waals surface area contributed by atoms with Gasteiger partial charge in [-0.2, -0.15) is 0 Å². The standard InChI is InChI=1S/C11H13NO3/c1-6-3-4-7-5-8(11(14)15)10(13)12(2)9(6)7/h5-6H,3-4H2,1-2H3,(H,14,15). The lowest BCUT2D eigenvalue weighted by Crippen LogP contribution is -2.27. The number of pyridine rings is 1. The van der Waals surface area contributed by atoms with Gasteiger partial charge in [0.1, 0.15) is 5.56 Å². The first kappa shape index (κ1) is 9.96. The molecule has 2 rings (SSSR count). The predicted octanol–water partition coefficient (Wildman–Crippen LogP) is 1.13. The van der Waals surface area contributed by atoms with Crippen molar-refractivity contribution < 1.29 is 9.90 Å². The molecule has 1 aliphatic rings. The van der Waals surface area contributed by atoms with Crippen LogP contribution in [0.3, 0.4) is 0 Å². The molecule has 0 saturated heterocycles. The van der Waals surface area contributed by atoms with Gasteiger partial charge in [-0.05, 0) is 30.4 Å². The van der Waals surface area contributed by atoms with Crippen LogP contribution in [-0.2, 0) is 13.5 Å². The Bertz CT molecular complexity index is 487. The van der Waals surface area contributed by atoms with Crippen LogP contribution in [0.1, 0.15) is 40.9 Å². The van der Waals surface area contributed by atoms with Crippen molar-refractivity contribution in [3.63, 3.8) is 0 Å². The summed E-state index contributed by atoms with van der Waals surface area (Å²) in [4.78, 5) is 22.5. The van der Waals surface area contributed by atoms with Crippen molar-refractivity contribution in [1.29, 1.82) is 0 Å². The van der Waals surface area contributed by atoms with Crippen molar-refractivity contribution in [1.82, 2.24) is 4.57 Å². The van der Waals surface area contributed by atoms with Crippen LogP contribution in [0.25, 0.3) is 0 Å². The van der Waals surface area contributed by atoms with Gasteiger partial charge in [-0.25, -0.2) is 4.79 Å². The molecule has 0 amide bonds. The summed E-state index contributed by atoms with van der Waals surface area (Å²) in [6.07, 6.45) is 1.86. The van der Waals surface area contributed by atoms with Crippen molar-refractivity contribution in [3.8, 4) is 0 Å². The average molecular weight is 207 g/mol. The van der Waals surface area contributed by atoms with Crippen molar-refractivity contribution in [2.24, 2.45) is 7.05 Å². The average Bonchev–Trinajstić information content (AvgIpc) is 2.53. The van der Waals surface area contributed by atoms with Crippen LogP contribution in [0.5, 0.6) is 0 Å². The van der Waals surface area contributed by atoms with Gasteiger partial charge in [0.05, 0.1) is 0 Å². The number of fused-ring (bicyclic) bond motifs is 1. The molecule has 0 spiro atoms. The van der Waals surface area contributed by atoms with Gasteiger partial charge >= 0.3 is 5.97 Å².